The molecular weight excluding hydrogens is 106 g/mol. The predicted molar refractivity (Wildman–Crippen MR) is 28.8 cm³/mol. The van der Waals surface area contributed by atoms with Crippen LogP contribution in [0, 0.1) is 0 Å². The number of hydrogen-bond donors (Lipinski definition) is 1. The fraction of sp³-hybridized carbons (Fsp3) is 0.600. The maximum Gasteiger partial charge on any atom is 0.207 e. The van der Waals surface area contributed by atoms with E-state index < -0.39 is 0 Å². The molecule has 0 aliphatic carbocycles. The highest BCUT2D eigenvalue weighted by molar-refractivity contribution is 4.79. The second-order valence-corrected chi connectivity index (χ2v) is 1.76. The van der Waals surface area contributed by atoms with Crippen molar-refractivity contribution in [3.63, 3.8) is 0 Å². The second kappa shape index (κ2) is 2.15. The van der Waals surface area contributed by atoms with Crippen LogP contribution in [0.1, 0.15) is 6.92 Å². The van der Waals surface area contributed by atoms with Crippen molar-refractivity contribution in [2.24, 2.45) is 0 Å². The standard InChI is InChI=1S/C5H9NO2/c1-4(2)6-8-5-3-7-5/h5-6H,1,3H2,2H3. The minimum atomic E-state index is -0.0355. The molecule has 0 aromatic carbocycles. The van der Waals surface area contributed by atoms with E-state index in [4.69, 9.17) is 9.57 Å². The Morgan fingerprint density at radius 1 is 2.00 bits per heavy atom. The molecule has 1 fully saturated rings. The largest absolute Gasteiger partial charge is 0.343 e. The molecule has 0 saturated carbocycles. The lowest BCUT2D eigenvalue weighted by Crippen LogP contribution is -2.12. The molecule has 0 aromatic heterocycles. The molecule has 0 aromatic rings. The quantitative estimate of drug-likeness (QED) is 0.427. The first-order valence-corrected chi connectivity index (χ1v) is 2.48. The molecular formula is C5H9NO2. The minimum Gasteiger partial charge on any atom is -0.343 e. The highest BCUT2D eigenvalue weighted by Gasteiger charge is 2.23. The Balaban J connectivity index is 1.95. The summed E-state index contributed by atoms with van der Waals surface area (Å²) in [5.74, 6) is 0. The first kappa shape index (κ1) is 5.59. The zero-order valence-electron chi connectivity index (χ0n) is 4.81. The van der Waals surface area contributed by atoms with Gasteiger partial charge in [0.2, 0.25) is 6.29 Å². The number of allylic oxidation sites excluding steroid dienone is 1. The van der Waals surface area contributed by atoms with Crippen LogP contribution in [0.2, 0.25) is 0 Å². The lowest BCUT2D eigenvalue weighted by molar-refractivity contribution is -0.00636. The van der Waals surface area contributed by atoms with Gasteiger partial charge in [-0.25, -0.2) is 4.84 Å². The Bertz CT molecular complexity index is 98.6. The van der Waals surface area contributed by atoms with Crippen LogP contribution in [0.4, 0.5) is 0 Å². The summed E-state index contributed by atoms with van der Waals surface area (Å²) in [6, 6.07) is 0. The Morgan fingerprint density at radius 3 is 3.00 bits per heavy atom. The van der Waals surface area contributed by atoms with E-state index >= 15 is 0 Å². The van der Waals surface area contributed by atoms with E-state index in [1.165, 1.54) is 0 Å². The van der Waals surface area contributed by atoms with E-state index in [0.29, 0.717) is 6.61 Å². The fourth-order valence-corrected chi connectivity index (χ4v) is 0.274. The summed E-state index contributed by atoms with van der Waals surface area (Å²) in [5.41, 5.74) is 3.38. The van der Waals surface area contributed by atoms with Gasteiger partial charge in [0.15, 0.2) is 0 Å². The molecule has 1 rings (SSSR count). The molecule has 0 amide bonds. The maximum atomic E-state index is 4.84. The molecule has 0 bridgehead atoms. The monoisotopic (exact) mass is 115 g/mol. The summed E-state index contributed by atoms with van der Waals surface area (Å²) >= 11 is 0. The molecule has 1 saturated heterocycles. The summed E-state index contributed by atoms with van der Waals surface area (Å²) in [5, 5.41) is 0. The predicted octanol–water partition coefficient (Wildman–Crippen LogP) is 0.397. The molecule has 0 radical (unpaired) electrons. The van der Waals surface area contributed by atoms with Crippen LogP contribution in [-0.2, 0) is 9.57 Å². The topological polar surface area (TPSA) is 33.8 Å². The maximum absolute atomic E-state index is 4.84. The highest BCUT2D eigenvalue weighted by Crippen LogP contribution is 2.07. The van der Waals surface area contributed by atoms with E-state index in [-0.39, 0.29) is 6.29 Å². The summed E-state index contributed by atoms with van der Waals surface area (Å²) in [4.78, 5) is 4.84. The van der Waals surface area contributed by atoms with Crippen molar-refractivity contribution in [1.82, 2.24) is 5.48 Å². The molecule has 1 heterocycles. The molecule has 1 aliphatic heterocycles. The van der Waals surface area contributed by atoms with Gasteiger partial charge in [0.25, 0.3) is 0 Å². The zero-order chi connectivity index (χ0) is 5.98. The van der Waals surface area contributed by atoms with Gasteiger partial charge in [-0.3, -0.25) is 5.48 Å². The average molecular weight is 115 g/mol. The van der Waals surface area contributed by atoms with Crippen LogP contribution >= 0.6 is 0 Å². The minimum absolute atomic E-state index is 0.0355. The first-order chi connectivity index (χ1) is 3.79. The Labute approximate surface area is 48.2 Å². The normalized spacial score (nSPS) is 24.9. The van der Waals surface area contributed by atoms with Gasteiger partial charge in [0.05, 0.1) is 0 Å². The first-order valence-electron chi connectivity index (χ1n) is 2.48. The van der Waals surface area contributed by atoms with Crippen molar-refractivity contribution in [3.8, 4) is 0 Å². The molecule has 0 spiro atoms. The van der Waals surface area contributed by atoms with Crippen molar-refractivity contribution < 1.29 is 9.57 Å². The summed E-state index contributed by atoms with van der Waals surface area (Å²) in [6.07, 6.45) is -0.0355. The summed E-state index contributed by atoms with van der Waals surface area (Å²) < 4.78 is 4.73. The third-order valence-electron chi connectivity index (χ3n) is 0.667. The number of ether oxygens (including phenoxy) is 1. The summed E-state index contributed by atoms with van der Waals surface area (Å²) in [6.45, 7) is 6.08. The van der Waals surface area contributed by atoms with E-state index in [1.54, 1.807) is 0 Å². The van der Waals surface area contributed by atoms with Gasteiger partial charge >= 0.3 is 0 Å². The van der Waals surface area contributed by atoms with Crippen molar-refractivity contribution in [2.75, 3.05) is 6.61 Å². The molecule has 1 atom stereocenters. The van der Waals surface area contributed by atoms with Crippen LogP contribution in [0.5, 0.6) is 0 Å². The number of hydrogen-bond acceptors (Lipinski definition) is 3. The second-order valence-electron chi connectivity index (χ2n) is 1.76. The van der Waals surface area contributed by atoms with Gasteiger partial charge in [-0.1, -0.05) is 6.58 Å². The van der Waals surface area contributed by atoms with Gasteiger partial charge in [0, 0.05) is 5.70 Å². The Kier molecular flexibility index (Phi) is 1.50. The smallest absolute Gasteiger partial charge is 0.207 e. The third-order valence-corrected chi connectivity index (χ3v) is 0.667. The van der Waals surface area contributed by atoms with Gasteiger partial charge < -0.3 is 4.74 Å². The van der Waals surface area contributed by atoms with E-state index in [1.807, 2.05) is 6.92 Å². The van der Waals surface area contributed by atoms with Gasteiger partial charge in [-0.05, 0) is 6.92 Å². The fourth-order valence-electron chi connectivity index (χ4n) is 0.274. The average Bonchev–Trinajstić information content (AvgIpc) is 2.41. The Hall–Kier alpha value is -0.540. The lowest BCUT2D eigenvalue weighted by atomic mass is 10.6. The van der Waals surface area contributed by atoms with Crippen molar-refractivity contribution in [2.45, 2.75) is 13.2 Å². The third kappa shape index (κ3) is 1.95. The van der Waals surface area contributed by atoms with Crippen molar-refractivity contribution in [1.29, 1.82) is 0 Å². The number of nitrogens with one attached hydrogen (secondary N) is 1. The SMILES string of the molecule is C=C(C)NOC1CO1. The summed E-state index contributed by atoms with van der Waals surface area (Å²) in [7, 11) is 0. The molecule has 3 heteroatoms. The van der Waals surface area contributed by atoms with E-state index in [9.17, 15) is 0 Å². The van der Waals surface area contributed by atoms with Gasteiger partial charge in [-0.15, -0.1) is 0 Å². The highest BCUT2D eigenvalue weighted by atomic mass is 16.8. The Morgan fingerprint density at radius 2 is 2.62 bits per heavy atom. The number of rotatable bonds is 3. The van der Waals surface area contributed by atoms with Gasteiger partial charge in [-0.2, -0.15) is 0 Å². The lowest BCUT2D eigenvalue weighted by Gasteiger charge is -1.99. The van der Waals surface area contributed by atoms with Gasteiger partial charge in [0.1, 0.15) is 6.61 Å². The van der Waals surface area contributed by atoms with Crippen molar-refractivity contribution in [3.05, 3.63) is 12.3 Å². The zero-order valence-corrected chi connectivity index (χ0v) is 4.81. The van der Waals surface area contributed by atoms with E-state index in [0.717, 1.165) is 5.70 Å². The molecule has 1 aliphatic rings. The van der Waals surface area contributed by atoms with Crippen LogP contribution in [0.25, 0.3) is 0 Å². The molecule has 46 valence electrons. The van der Waals surface area contributed by atoms with Crippen LogP contribution in [0.15, 0.2) is 12.3 Å². The van der Waals surface area contributed by atoms with Crippen LogP contribution < -0.4 is 5.48 Å². The molecule has 1 N–H and O–H groups in total. The van der Waals surface area contributed by atoms with Crippen LogP contribution in [0.3, 0.4) is 0 Å². The molecule has 8 heavy (non-hydrogen) atoms. The van der Waals surface area contributed by atoms with E-state index in [2.05, 4.69) is 12.1 Å². The molecule has 3 nitrogen and oxygen atoms in total. The van der Waals surface area contributed by atoms with Crippen LogP contribution in [-0.4, -0.2) is 12.9 Å². The van der Waals surface area contributed by atoms with Crippen molar-refractivity contribution >= 4 is 0 Å². The number of hydroxylamine groups is 1. The molecule has 1 unspecified atom stereocenters. The number of epoxide rings is 1.